The molecule has 1 spiro atoms. The van der Waals surface area contributed by atoms with Crippen molar-refractivity contribution in [1.29, 1.82) is 0 Å². The van der Waals surface area contributed by atoms with Crippen molar-refractivity contribution in [2.24, 2.45) is 0 Å². The maximum absolute atomic E-state index is 12.7. The highest BCUT2D eigenvalue weighted by Gasteiger charge is 2.44. The van der Waals surface area contributed by atoms with Crippen molar-refractivity contribution in [3.05, 3.63) is 68.2 Å². The van der Waals surface area contributed by atoms with Gasteiger partial charge < -0.3 is 9.64 Å². The van der Waals surface area contributed by atoms with Gasteiger partial charge in [0.25, 0.3) is 0 Å². The van der Waals surface area contributed by atoms with Crippen LogP contribution in [0.3, 0.4) is 0 Å². The minimum absolute atomic E-state index is 0.0427. The number of halogens is 3. The molecule has 0 bridgehead atoms. The Morgan fingerprint density at radius 2 is 1.83 bits per heavy atom. The van der Waals surface area contributed by atoms with Crippen molar-refractivity contribution >= 4 is 52.6 Å². The van der Waals surface area contributed by atoms with Crippen molar-refractivity contribution in [1.82, 2.24) is 4.90 Å². The molecule has 0 saturated carbocycles. The Bertz CT molecular complexity index is 1060. The van der Waals surface area contributed by atoms with Crippen LogP contribution >= 0.6 is 34.8 Å². The predicted octanol–water partition coefficient (Wildman–Crippen LogP) is 6.00. The van der Waals surface area contributed by atoms with E-state index in [0.29, 0.717) is 58.7 Å². The number of carbonyl (C=O) groups is 2. The summed E-state index contributed by atoms with van der Waals surface area (Å²) < 4.78 is 6.34. The van der Waals surface area contributed by atoms with Gasteiger partial charge in [-0.15, -0.1) is 0 Å². The van der Waals surface area contributed by atoms with E-state index in [1.165, 1.54) is 6.08 Å². The second kappa shape index (κ2) is 8.26. The lowest BCUT2D eigenvalue weighted by molar-refractivity contribution is -0.129. The quantitative estimate of drug-likeness (QED) is 0.512. The van der Waals surface area contributed by atoms with Gasteiger partial charge in [0.05, 0.1) is 22.0 Å². The van der Waals surface area contributed by atoms with E-state index in [4.69, 9.17) is 39.5 Å². The molecule has 30 heavy (non-hydrogen) atoms. The zero-order valence-corrected chi connectivity index (χ0v) is 18.7. The van der Waals surface area contributed by atoms with E-state index in [0.717, 1.165) is 11.1 Å². The lowest BCUT2D eigenvalue weighted by Gasteiger charge is -2.44. The van der Waals surface area contributed by atoms with E-state index < -0.39 is 5.60 Å². The van der Waals surface area contributed by atoms with Gasteiger partial charge in [-0.2, -0.15) is 0 Å². The second-order valence-corrected chi connectivity index (χ2v) is 9.07. The highest BCUT2D eigenvalue weighted by molar-refractivity contribution is 6.42. The molecule has 1 saturated heterocycles. The highest BCUT2D eigenvalue weighted by Crippen LogP contribution is 2.42. The number of aryl methyl sites for hydroxylation is 1. The first-order chi connectivity index (χ1) is 14.3. The summed E-state index contributed by atoms with van der Waals surface area (Å²) in [6.45, 7) is 2.95. The van der Waals surface area contributed by atoms with Crippen LogP contribution in [-0.4, -0.2) is 35.3 Å². The molecule has 156 valence electrons. The number of ether oxygens (including phenoxy) is 1. The van der Waals surface area contributed by atoms with E-state index >= 15 is 0 Å². The molecule has 4 nitrogen and oxygen atoms in total. The number of likely N-dealkylation sites (tertiary alicyclic amines) is 1. The van der Waals surface area contributed by atoms with Crippen LogP contribution in [0.1, 0.15) is 40.7 Å². The van der Waals surface area contributed by atoms with Crippen LogP contribution < -0.4 is 4.74 Å². The molecule has 2 aromatic rings. The summed E-state index contributed by atoms with van der Waals surface area (Å²) in [7, 11) is 0. The monoisotopic (exact) mass is 463 g/mol. The largest absolute Gasteiger partial charge is 0.486 e. The summed E-state index contributed by atoms with van der Waals surface area (Å²) in [6.07, 6.45) is 4.77. The number of hydrogen-bond acceptors (Lipinski definition) is 3. The molecule has 1 amide bonds. The zero-order valence-electron chi connectivity index (χ0n) is 16.4. The SMILES string of the molecule is Cc1cc(Cl)cc2c1OC1(CCN(C(=O)/C=C/c3ccc(Cl)c(Cl)c3)CC1)CC2=O. The first-order valence-electron chi connectivity index (χ1n) is 9.71. The Morgan fingerprint density at radius 3 is 2.53 bits per heavy atom. The molecule has 2 aromatic carbocycles. The van der Waals surface area contributed by atoms with Gasteiger partial charge in [0.2, 0.25) is 5.91 Å². The highest BCUT2D eigenvalue weighted by atomic mass is 35.5. The molecule has 0 radical (unpaired) electrons. The Kier molecular flexibility index (Phi) is 5.84. The fraction of sp³-hybridized carbons (Fsp3) is 0.304. The van der Waals surface area contributed by atoms with Gasteiger partial charge in [-0.1, -0.05) is 40.9 Å². The van der Waals surface area contributed by atoms with E-state index in [9.17, 15) is 9.59 Å². The molecule has 1 fully saturated rings. The number of nitrogens with zero attached hydrogens (tertiary/aromatic N) is 1. The minimum Gasteiger partial charge on any atom is -0.486 e. The molecule has 0 unspecified atom stereocenters. The third kappa shape index (κ3) is 4.22. The molecule has 0 aliphatic carbocycles. The lowest BCUT2D eigenvalue weighted by Crippen LogP contribution is -2.52. The van der Waals surface area contributed by atoms with Gasteiger partial charge in [-0.05, 0) is 48.4 Å². The van der Waals surface area contributed by atoms with Crippen molar-refractivity contribution in [2.75, 3.05) is 13.1 Å². The van der Waals surface area contributed by atoms with Crippen LogP contribution in [0.4, 0.5) is 0 Å². The standard InChI is InChI=1S/C23H20Cl3NO3/c1-14-10-16(24)12-17-20(28)13-23(30-22(14)17)6-8-27(9-7-23)21(29)5-3-15-2-4-18(25)19(26)11-15/h2-5,10-12H,6-9,13H2,1H3/b5-3+. The number of Topliss-reactive ketones (excluding diaryl/α,β-unsaturated/α-hetero) is 1. The number of ketones is 1. The van der Waals surface area contributed by atoms with E-state index in [2.05, 4.69) is 0 Å². The Hall–Kier alpha value is -2.01. The van der Waals surface area contributed by atoms with E-state index in [-0.39, 0.29) is 11.7 Å². The van der Waals surface area contributed by atoms with Gasteiger partial charge in [0.15, 0.2) is 5.78 Å². The van der Waals surface area contributed by atoms with Gasteiger partial charge in [-0.25, -0.2) is 0 Å². The third-order valence-electron chi connectivity index (χ3n) is 5.69. The van der Waals surface area contributed by atoms with Gasteiger partial charge >= 0.3 is 0 Å². The molecule has 0 aromatic heterocycles. The fourth-order valence-electron chi connectivity index (χ4n) is 4.02. The van der Waals surface area contributed by atoms with E-state index in [1.54, 1.807) is 41.3 Å². The summed E-state index contributed by atoms with van der Waals surface area (Å²) >= 11 is 18.0. The van der Waals surface area contributed by atoms with Crippen LogP contribution in [0, 0.1) is 6.92 Å². The Balaban J connectivity index is 1.43. The lowest BCUT2D eigenvalue weighted by atomic mass is 9.82. The van der Waals surface area contributed by atoms with Gasteiger partial charge in [0, 0.05) is 37.0 Å². The van der Waals surface area contributed by atoms with Gasteiger partial charge in [-0.3, -0.25) is 9.59 Å². The van der Waals surface area contributed by atoms with Crippen molar-refractivity contribution in [3.63, 3.8) is 0 Å². The second-order valence-electron chi connectivity index (χ2n) is 7.82. The average Bonchev–Trinajstić information content (AvgIpc) is 2.70. The molecule has 2 aliphatic rings. The average molecular weight is 465 g/mol. The minimum atomic E-state index is -0.563. The van der Waals surface area contributed by atoms with Crippen LogP contribution in [0.5, 0.6) is 5.75 Å². The number of benzene rings is 2. The number of piperidine rings is 1. The number of carbonyl (C=O) groups excluding carboxylic acids is 2. The summed E-state index contributed by atoms with van der Waals surface area (Å²) in [5, 5.41) is 1.46. The van der Waals surface area contributed by atoms with Crippen LogP contribution in [-0.2, 0) is 4.79 Å². The number of hydrogen-bond donors (Lipinski definition) is 0. The van der Waals surface area contributed by atoms with Crippen LogP contribution in [0.25, 0.3) is 6.08 Å². The third-order valence-corrected chi connectivity index (χ3v) is 6.65. The number of fused-ring (bicyclic) bond motifs is 1. The van der Waals surface area contributed by atoms with Crippen molar-refractivity contribution < 1.29 is 14.3 Å². The fourth-order valence-corrected chi connectivity index (χ4v) is 4.59. The smallest absolute Gasteiger partial charge is 0.246 e. The molecular formula is C23H20Cl3NO3. The molecular weight excluding hydrogens is 445 g/mol. The molecule has 0 atom stereocenters. The number of rotatable bonds is 2. The number of amides is 1. The van der Waals surface area contributed by atoms with Crippen molar-refractivity contribution in [2.45, 2.75) is 31.8 Å². The van der Waals surface area contributed by atoms with Crippen LogP contribution in [0.15, 0.2) is 36.4 Å². The molecule has 7 heteroatoms. The molecule has 4 rings (SSSR count). The van der Waals surface area contributed by atoms with Crippen LogP contribution in [0.2, 0.25) is 15.1 Å². The Morgan fingerprint density at radius 1 is 1.10 bits per heavy atom. The summed E-state index contributed by atoms with van der Waals surface area (Å²) in [5.74, 6) is 0.581. The zero-order chi connectivity index (χ0) is 21.5. The maximum atomic E-state index is 12.7. The van der Waals surface area contributed by atoms with E-state index in [1.807, 2.05) is 6.92 Å². The molecule has 2 aliphatic heterocycles. The molecule has 0 N–H and O–H groups in total. The normalized spacial score (nSPS) is 17.9. The first-order valence-corrected chi connectivity index (χ1v) is 10.8. The van der Waals surface area contributed by atoms with Crippen molar-refractivity contribution in [3.8, 4) is 5.75 Å². The summed E-state index contributed by atoms with van der Waals surface area (Å²) in [6, 6.07) is 8.69. The summed E-state index contributed by atoms with van der Waals surface area (Å²) in [4.78, 5) is 27.1. The predicted molar refractivity (Wildman–Crippen MR) is 120 cm³/mol. The first kappa shape index (κ1) is 21.2. The Labute approximate surface area is 190 Å². The topological polar surface area (TPSA) is 46.6 Å². The molecule has 2 heterocycles. The van der Waals surface area contributed by atoms with Gasteiger partial charge in [0.1, 0.15) is 11.4 Å². The summed E-state index contributed by atoms with van der Waals surface area (Å²) in [5.41, 5.74) is 1.65. The maximum Gasteiger partial charge on any atom is 0.246 e.